The van der Waals surface area contributed by atoms with E-state index in [9.17, 15) is 4.79 Å². The summed E-state index contributed by atoms with van der Waals surface area (Å²) in [6.45, 7) is 6.20. The van der Waals surface area contributed by atoms with Gasteiger partial charge in [-0.3, -0.25) is 4.79 Å². The molecule has 94 valence electrons. The Hall–Kier alpha value is -1.35. The van der Waals surface area contributed by atoms with Gasteiger partial charge >= 0.3 is 0 Å². The van der Waals surface area contributed by atoms with Gasteiger partial charge in [0, 0.05) is 6.54 Å². The zero-order valence-electron chi connectivity index (χ0n) is 10.7. The molecule has 1 atom stereocenters. The Morgan fingerprint density at radius 3 is 2.65 bits per heavy atom. The van der Waals surface area contributed by atoms with Crippen LogP contribution in [0.4, 0.5) is 0 Å². The molecule has 2 N–H and O–H groups in total. The Morgan fingerprint density at radius 1 is 1.29 bits per heavy atom. The van der Waals surface area contributed by atoms with Crippen LogP contribution in [0, 0.1) is 0 Å². The highest BCUT2D eigenvalue weighted by Gasteiger charge is 2.06. The highest BCUT2D eigenvalue weighted by Crippen LogP contribution is 2.12. The molecule has 1 unspecified atom stereocenters. The predicted molar refractivity (Wildman–Crippen MR) is 71.0 cm³/mol. The molecule has 0 aliphatic carbocycles. The predicted octanol–water partition coefficient (Wildman–Crippen LogP) is 1.91. The lowest BCUT2D eigenvalue weighted by molar-refractivity contribution is -0.120. The SMILES string of the molecule is CCCNCC(=O)NCC(C)c1ccccc1. The molecule has 3 heteroatoms. The van der Waals surface area contributed by atoms with Crippen LogP contribution in [0.15, 0.2) is 30.3 Å². The van der Waals surface area contributed by atoms with E-state index in [-0.39, 0.29) is 5.91 Å². The first kappa shape index (κ1) is 13.7. The van der Waals surface area contributed by atoms with Crippen molar-refractivity contribution < 1.29 is 4.79 Å². The molecule has 0 heterocycles. The molecule has 1 rings (SSSR count). The lowest BCUT2D eigenvalue weighted by Gasteiger charge is -2.13. The van der Waals surface area contributed by atoms with E-state index in [2.05, 4.69) is 36.6 Å². The van der Waals surface area contributed by atoms with Crippen molar-refractivity contribution in [3.8, 4) is 0 Å². The molecule has 0 aromatic heterocycles. The fourth-order valence-corrected chi connectivity index (χ4v) is 1.61. The maximum absolute atomic E-state index is 11.5. The Balaban J connectivity index is 2.24. The number of carbonyl (C=O) groups excluding carboxylic acids is 1. The van der Waals surface area contributed by atoms with Gasteiger partial charge in [-0.05, 0) is 24.4 Å². The normalized spacial score (nSPS) is 12.1. The monoisotopic (exact) mass is 234 g/mol. The molecule has 0 aliphatic heterocycles. The van der Waals surface area contributed by atoms with Gasteiger partial charge in [0.05, 0.1) is 6.54 Å². The van der Waals surface area contributed by atoms with Crippen molar-refractivity contribution in [1.29, 1.82) is 0 Å². The average Bonchev–Trinajstić information content (AvgIpc) is 2.37. The minimum atomic E-state index is 0.0706. The second-order valence-electron chi connectivity index (χ2n) is 4.29. The van der Waals surface area contributed by atoms with Crippen LogP contribution >= 0.6 is 0 Å². The van der Waals surface area contributed by atoms with Crippen molar-refractivity contribution in [2.24, 2.45) is 0 Å². The zero-order chi connectivity index (χ0) is 12.5. The molecule has 0 saturated heterocycles. The topological polar surface area (TPSA) is 41.1 Å². The molecule has 0 aliphatic rings. The molecule has 3 nitrogen and oxygen atoms in total. The van der Waals surface area contributed by atoms with E-state index in [1.54, 1.807) is 0 Å². The highest BCUT2D eigenvalue weighted by molar-refractivity contribution is 5.78. The van der Waals surface area contributed by atoms with E-state index in [4.69, 9.17) is 0 Å². The first-order valence-electron chi connectivity index (χ1n) is 6.26. The second kappa shape index (κ2) is 7.85. The maximum atomic E-state index is 11.5. The standard InChI is InChI=1S/C14H22N2O/c1-3-9-15-11-14(17)16-10-12(2)13-7-5-4-6-8-13/h4-8,12,15H,3,9-11H2,1-2H3,(H,16,17). The van der Waals surface area contributed by atoms with Crippen LogP contribution in [0.1, 0.15) is 31.7 Å². The summed E-state index contributed by atoms with van der Waals surface area (Å²) < 4.78 is 0. The summed E-state index contributed by atoms with van der Waals surface area (Å²) in [5.74, 6) is 0.424. The van der Waals surface area contributed by atoms with Gasteiger partial charge in [0.1, 0.15) is 0 Å². The van der Waals surface area contributed by atoms with Gasteiger partial charge in [-0.1, -0.05) is 44.2 Å². The number of hydrogen-bond acceptors (Lipinski definition) is 2. The van der Waals surface area contributed by atoms with Crippen molar-refractivity contribution in [3.05, 3.63) is 35.9 Å². The summed E-state index contributed by atoms with van der Waals surface area (Å²) in [6, 6.07) is 10.2. The molecule has 0 radical (unpaired) electrons. The lowest BCUT2D eigenvalue weighted by Crippen LogP contribution is -2.36. The molecule has 0 spiro atoms. The largest absolute Gasteiger partial charge is 0.354 e. The summed E-state index contributed by atoms with van der Waals surface area (Å²) in [5.41, 5.74) is 1.26. The fraction of sp³-hybridized carbons (Fsp3) is 0.500. The van der Waals surface area contributed by atoms with Crippen molar-refractivity contribution in [2.45, 2.75) is 26.2 Å². The molecule has 0 saturated carbocycles. The van der Waals surface area contributed by atoms with E-state index in [1.807, 2.05) is 18.2 Å². The van der Waals surface area contributed by atoms with E-state index >= 15 is 0 Å². The van der Waals surface area contributed by atoms with E-state index in [0.717, 1.165) is 13.0 Å². The molecule has 1 amide bonds. The minimum absolute atomic E-state index is 0.0706. The third-order valence-corrected chi connectivity index (χ3v) is 2.69. The molecular formula is C14H22N2O. The van der Waals surface area contributed by atoms with E-state index in [0.29, 0.717) is 19.0 Å². The second-order valence-corrected chi connectivity index (χ2v) is 4.29. The third kappa shape index (κ3) is 5.50. The number of rotatable bonds is 7. The zero-order valence-corrected chi connectivity index (χ0v) is 10.7. The van der Waals surface area contributed by atoms with Gasteiger partial charge in [0.2, 0.25) is 5.91 Å². The minimum Gasteiger partial charge on any atom is -0.354 e. The van der Waals surface area contributed by atoms with Crippen LogP contribution in [0.3, 0.4) is 0 Å². The van der Waals surface area contributed by atoms with Crippen LogP contribution in [-0.4, -0.2) is 25.5 Å². The first-order chi connectivity index (χ1) is 8.24. The van der Waals surface area contributed by atoms with Crippen LogP contribution in [-0.2, 0) is 4.79 Å². The number of hydrogen-bond donors (Lipinski definition) is 2. The molecule has 17 heavy (non-hydrogen) atoms. The van der Waals surface area contributed by atoms with E-state index < -0.39 is 0 Å². The van der Waals surface area contributed by atoms with Crippen molar-refractivity contribution in [3.63, 3.8) is 0 Å². The Morgan fingerprint density at radius 2 is 2.00 bits per heavy atom. The molecular weight excluding hydrogens is 212 g/mol. The van der Waals surface area contributed by atoms with Gasteiger partial charge < -0.3 is 10.6 Å². The molecule has 0 fully saturated rings. The molecule has 1 aromatic rings. The van der Waals surface area contributed by atoms with Crippen LogP contribution in [0.2, 0.25) is 0 Å². The first-order valence-corrected chi connectivity index (χ1v) is 6.26. The van der Waals surface area contributed by atoms with Gasteiger partial charge in [0.15, 0.2) is 0 Å². The number of nitrogens with one attached hydrogen (secondary N) is 2. The van der Waals surface area contributed by atoms with Crippen molar-refractivity contribution >= 4 is 5.91 Å². The molecule has 0 bridgehead atoms. The summed E-state index contributed by atoms with van der Waals surface area (Å²) >= 11 is 0. The maximum Gasteiger partial charge on any atom is 0.233 e. The van der Waals surface area contributed by atoms with Gasteiger partial charge in [-0.15, -0.1) is 0 Å². The quantitative estimate of drug-likeness (QED) is 0.708. The van der Waals surface area contributed by atoms with Crippen LogP contribution < -0.4 is 10.6 Å². The summed E-state index contributed by atoms with van der Waals surface area (Å²) in [4.78, 5) is 11.5. The highest BCUT2D eigenvalue weighted by atomic mass is 16.1. The third-order valence-electron chi connectivity index (χ3n) is 2.69. The van der Waals surface area contributed by atoms with Crippen LogP contribution in [0.25, 0.3) is 0 Å². The average molecular weight is 234 g/mol. The number of carbonyl (C=O) groups is 1. The number of amides is 1. The van der Waals surface area contributed by atoms with E-state index in [1.165, 1.54) is 5.56 Å². The Bertz CT molecular complexity index is 324. The summed E-state index contributed by atoms with van der Waals surface area (Å²) in [7, 11) is 0. The molecule has 1 aromatic carbocycles. The van der Waals surface area contributed by atoms with Crippen molar-refractivity contribution in [2.75, 3.05) is 19.6 Å². The summed E-state index contributed by atoms with van der Waals surface area (Å²) in [6.07, 6.45) is 1.05. The lowest BCUT2D eigenvalue weighted by atomic mass is 10.0. The smallest absolute Gasteiger partial charge is 0.233 e. The van der Waals surface area contributed by atoms with Gasteiger partial charge in [-0.2, -0.15) is 0 Å². The van der Waals surface area contributed by atoms with Crippen LogP contribution in [0.5, 0.6) is 0 Å². The Labute approximate surface area is 104 Å². The fourth-order valence-electron chi connectivity index (χ4n) is 1.61. The van der Waals surface area contributed by atoms with Gasteiger partial charge in [0.25, 0.3) is 0 Å². The summed E-state index contributed by atoms with van der Waals surface area (Å²) in [5, 5.41) is 6.02. The van der Waals surface area contributed by atoms with Crippen molar-refractivity contribution in [1.82, 2.24) is 10.6 Å². The Kier molecular flexibility index (Phi) is 6.33. The van der Waals surface area contributed by atoms with Gasteiger partial charge in [-0.25, -0.2) is 0 Å². The number of benzene rings is 1.